The summed E-state index contributed by atoms with van der Waals surface area (Å²) in [5.74, 6) is 0. The van der Waals surface area contributed by atoms with Gasteiger partial charge in [0.15, 0.2) is 5.25 Å². The molecule has 71 valence electrons. The molecule has 0 saturated carbocycles. The first-order valence-corrected chi connectivity index (χ1v) is 5.08. The van der Waals surface area contributed by atoms with Crippen LogP contribution < -0.4 is 5.73 Å². The highest BCUT2D eigenvalue weighted by molar-refractivity contribution is 7.89. The Labute approximate surface area is 77.1 Å². The molecule has 0 fully saturated rings. The van der Waals surface area contributed by atoms with Crippen molar-refractivity contribution < 1.29 is 13.0 Å². The second-order valence-electron chi connectivity index (χ2n) is 2.47. The van der Waals surface area contributed by atoms with E-state index in [9.17, 15) is 8.42 Å². The SMILES string of the molecule is NC[C](c1ccccc1)S(=O)(=O)O. The lowest BCUT2D eigenvalue weighted by Crippen LogP contribution is -2.22. The van der Waals surface area contributed by atoms with Crippen molar-refractivity contribution in [2.45, 2.75) is 0 Å². The zero-order chi connectivity index (χ0) is 9.90. The number of hydrogen-bond donors (Lipinski definition) is 2. The van der Waals surface area contributed by atoms with E-state index >= 15 is 0 Å². The molecule has 1 rings (SSSR count). The summed E-state index contributed by atoms with van der Waals surface area (Å²) in [5, 5.41) is -0.159. The topological polar surface area (TPSA) is 80.4 Å². The molecule has 1 aromatic rings. The van der Waals surface area contributed by atoms with E-state index in [1.54, 1.807) is 30.3 Å². The molecular weight excluding hydrogens is 190 g/mol. The van der Waals surface area contributed by atoms with Crippen molar-refractivity contribution in [3.63, 3.8) is 0 Å². The van der Waals surface area contributed by atoms with Gasteiger partial charge in [0.25, 0.3) is 10.1 Å². The van der Waals surface area contributed by atoms with Crippen LogP contribution in [0, 0.1) is 5.25 Å². The minimum absolute atomic E-state index is 0.159. The summed E-state index contributed by atoms with van der Waals surface area (Å²) in [5.41, 5.74) is 5.64. The summed E-state index contributed by atoms with van der Waals surface area (Å²) in [6, 6.07) is 8.26. The Bertz CT molecular complexity index is 360. The van der Waals surface area contributed by atoms with E-state index in [1.165, 1.54) is 0 Å². The number of hydrogen-bond acceptors (Lipinski definition) is 3. The van der Waals surface area contributed by atoms with Gasteiger partial charge in [-0.25, -0.2) is 0 Å². The maximum absolute atomic E-state index is 10.8. The first kappa shape index (κ1) is 10.2. The van der Waals surface area contributed by atoms with Gasteiger partial charge in [-0.2, -0.15) is 8.42 Å². The van der Waals surface area contributed by atoms with Crippen molar-refractivity contribution >= 4 is 10.1 Å². The highest BCUT2D eigenvalue weighted by Crippen LogP contribution is 2.17. The normalized spacial score (nSPS) is 11.9. The highest BCUT2D eigenvalue weighted by atomic mass is 32.2. The minimum Gasteiger partial charge on any atom is -0.328 e. The van der Waals surface area contributed by atoms with Gasteiger partial charge in [-0.15, -0.1) is 0 Å². The van der Waals surface area contributed by atoms with Gasteiger partial charge >= 0.3 is 0 Å². The predicted octanol–water partition coefficient (Wildman–Crippen LogP) is 0.413. The Morgan fingerprint density at radius 2 is 1.85 bits per heavy atom. The fourth-order valence-corrected chi connectivity index (χ4v) is 1.64. The lowest BCUT2D eigenvalue weighted by molar-refractivity contribution is 0.485. The summed E-state index contributed by atoms with van der Waals surface area (Å²) in [7, 11) is -4.18. The Balaban J connectivity index is 3.06. The lowest BCUT2D eigenvalue weighted by atomic mass is 10.1. The molecule has 0 heterocycles. The van der Waals surface area contributed by atoms with Crippen molar-refractivity contribution in [2.24, 2.45) is 5.73 Å². The molecule has 0 aromatic heterocycles. The van der Waals surface area contributed by atoms with Gasteiger partial charge in [-0.3, -0.25) is 4.55 Å². The van der Waals surface area contributed by atoms with Crippen LogP contribution >= 0.6 is 0 Å². The second kappa shape index (κ2) is 3.87. The van der Waals surface area contributed by atoms with Crippen LogP contribution in [0.3, 0.4) is 0 Å². The molecule has 0 saturated heterocycles. The Morgan fingerprint density at radius 3 is 2.23 bits per heavy atom. The largest absolute Gasteiger partial charge is 0.328 e. The number of rotatable bonds is 3. The molecule has 0 atom stereocenters. The number of benzene rings is 1. The van der Waals surface area contributed by atoms with Crippen LogP contribution in [0.4, 0.5) is 0 Å². The highest BCUT2D eigenvalue weighted by Gasteiger charge is 2.24. The van der Waals surface area contributed by atoms with Gasteiger partial charge in [-0.1, -0.05) is 30.3 Å². The van der Waals surface area contributed by atoms with E-state index in [0.717, 1.165) is 0 Å². The fraction of sp³-hybridized carbons (Fsp3) is 0.125. The molecule has 5 heteroatoms. The Kier molecular flexibility index (Phi) is 3.02. The Morgan fingerprint density at radius 1 is 1.31 bits per heavy atom. The van der Waals surface area contributed by atoms with Gasteiger partial charge in [0, 0.05) is 6.54 Å². The zero-order valence-electron chi connectivity index (χ0n) is 6.84. The molecule has 0 amide bonds. The molecule has 0 aliphatic heterocycles. The third-order valence-corrected chi connectivity index (χ3v) is 2.62. The van der Waals surface area contributed by atoms with Crippen molar-refractivity contribution in [2.75, 3.05) is 6.54 Å². The lowest BCUT2D eigenvalue weighted by Gasteiger charge is -2.09. The van der Waals surface area contributed by atoms with Crippen molar-refractivity contribution in [3.05, 3.63) is 41.1 Å². The first-order chi connectivity index (χ1) is 6.05. The Hall–Kier alpha value is -0.910. The number of nitrogens with two attached hydrogens (primary N) is 1. The zero-order valence-corrected chi connectivity index (χ0v) is 7.66. The predicted molar refractivity (Wildman–Crippen MR) is 49.4 cm³/mol. The maximum atomic E-state index is 10.8. The van der Waals surface area contributed by atoms with Gasteiger partial charge in [0.2, 0.25) is 0 Å². The molecule has 4 nitrogen and oxygen atoms in total. The smallest absolute Gasteiger partial charge is 0.278 e. The summed E-state index contributed by atoms with van der Waals surface area (Å²) in [6.45, 7) is -0.206. The van der Waals surface area contributed by atoms with E-state index in [2.05, 4.69) is 0 Å². The van der Waals surface area contributed by atoms with Crippen LogP contribution in [0.5, 0.6) is 0 Å². The standard InChI is InChI=1S/C8H10NO3S/c9-6-8(13(10,11)12)7-4-2-1-3-5-7/h1-5H,6,9H2,(H,10,11,12). The molecule has 0 unspecified atom stereocenters. The summed E-state index contributed by atoms with van der Waals surface area (Å²) < 4.78 is 30.4. The van der Waals surface area contributed by atoms with Crippen molar-refractivity contribution in [1.82, 2.24) is 0 Å². The summed E-state index contributed by atoms with van der Waals surface area (Å²) in [6.07, 6.45) is 0. The fourth-order valence-electron chi connectivity index (χ4n) is 0.996. The van der Waals surface area contributed by atoms with Crippen LogP contribution in [-0.4, -0.2) is 19.5 Å². The van der Waals surface area contributed by atoms with E-state index in [0.29, 0.717) is 5.56 Å². The van der Waals surface area contributed by atoms with E-state index < -0.39 is 10.1 Å². The summed E-state index contributed by atoms with van der Waals surface area (Å²) in [4.78, 5) is 0. The van der Waals surface area contributed by atoms with E-state index in [1.807, 2.05) is 0 Å². The molecular formula is C8H10NO3S. The minimum atomic E-state index is -4.18. The average molecular weight is 200 g/mol. The summed E-state index contributed by atoms with van der Waals surface area (Å²) >= 11 is 0. The quantitative estimate of drug-likeness (QED) is 0.693. The third kappa shape index (κ3) is 2.51. The van der Waals surface area contributed by atoms with E-state index in [-0.39, 0.29) is 11.8 Å². The monoisotopic (exact) mass is 200 g/mol. The first-order valence-electron chi connectivity index (χ1n) is 3.64. The molecule has 3 N–H and O–H groups in total. The molecule has 0 spiro atoms. The van der Waals surface area contributed by atoms with Crippen LogP contribution in [0.2, 0.25) is 0 Å². The second-order valence-corrected chi connectivity index (χ2v) is 3.91. The van der Waals surface area contributed by atoms with Crippen LogP contribution in [0.25, 0.3) is 0 Å². The maximum Gasteiger partial charge on any atom is 0.278 e. The van der Waals surface area contributed by atoms with Crippen LogP contribution in [0.1, 0.15) is 5.56 Å². The molecule has 1 radical (unpaired) electrons. The molecule has 1 aromatic carbocycles. The molecule has 13 heavy (non-hydrogen) atoms. The van der Waals surface area contributed by atoms with Gasteiger partial charge in [-0.05, 0) is 5.56 Å². The third-order valence-electron chi connectivity index (χ3n) is 1.59. The van der Waals surface area contributed by atoms with E-state index in [4.69, 9.17) is 10.3 Å². The molecule has 0 aliphatic rings. The van der Waals surface area contributed by atoms with Gasteiger partial charge < -0.3 is 5.73 Å². The van der Waals surface area contributed by atoms with Crippen LogP contribution in [0.15, 0.2) is 30.3 Å². The van der Waals surface area contributed by atoms with Crippen molar-refractivity contribution in [1.29, 1.82) is 0 Å². The van der Waals surface area contributed by atoms with Crippen molar-refractivity contribution in [3.8, 4) is 0 Å². The average Bonchev–Trinajstić information content (AvgIpc) is 2.05. The molecule has 0 aliphatic carbocycles. The van der Waals surface area contributed by atoms with Gasteiger partial charge in [0.1, 0.15) is 0 Å². The van der Waals surface area contributed by atoms with Gasteiger partial charge in [0.05, 0.1) is 0 Å². The molecule has 0 bridgehead atoms. The van der Waals surface area contributed by atoms with Crippen LogP contribution in [-0.2, 0) is 10.1 Å².